The van der Waals surface area contributed by atoms with Gasteiger partial charge < -0.3 is 5.32 Å². The van der Waals surface area contributed by atoms with Crippen LogP contribution in [0.4, 0.5) is 11.5 Å². The molecule has 0 saturated heterocycles. The second kappa shape index (κ2) is 5.62. The third-order valence-corrected chi connectivity index (χ3v) is 3.95. The molecule has 0 aromatic carbocycles. The summed E-state index contributed by atoms with van der Waals surface area (Å²) in [5.74, 6) is 0.480. The van der Waals surface area contributed by atoms with Crippen LogP contribution in [0.25, 0.3) is 0 Å². The summed E-state index contributed by atoms with van der Waals surface area (Å²) in [7, 11) is 0. The van der Waals surface area contributed by atoms with Gasteiger partial charge in [0.25, 0.3) is 0 Å². The van der Waals surface area contributed by atoms with E-state index < -0.39 is 0 Å². The Bertz CT molecular complexity index is 630. The van der Waals surface area contributed by atoms with Crippen molar-refractivity contribution in [3.8, 4) is 0 Å². The van der Waals surface area contributed by atoms with E-state index in [4.69, 9.17) is 0 Å². The van der Waals surface area contributed by atoms with Crippen molar-refractivity contribution >= 4 is 22.8 Å². The summed E-state index contributed by atoms with van der Waals surface area (Å²) in [6.45, 7) is 8.18. The molecule has 0 spiro atoms. The zero-order valence-corrected chi connectivity index (χ0v) is 12.8. The maximum Gasteiger partial charge on any atom is 0.333 e. The van der Waals surface area contributed by atoms with Crippen molar-refractivity contribution in [3.05, 3.63) is 37.7 Å². The van der Waals surface area contributed by atoms with Crippen LogP contribution in [0, 0.1) is 24.0 Å². The van der Waals surface area contributed by atoms with Gasteiger partial charge in [-0.05, 0) is 39.8 Å². The van der Waals surface area contributed by atoms with Gasteiger partial charge >= 0.3 is 5.69 Å². The van der Waals surface area contributed by atoms with Crippen LogP contribution in [0.3, 0.4) is 0 Å². The molecule has 2 heterocycles. The van der Waals surface area contributed by atoms with Crippen LogP contribution in [0.5, 0.6) is 0 Å². The zero-order valence-electron chi connectivity index (χ0n) is 12.0. The minimum atomic E-state index is -0.372. The Morgan fingerprint density at radius 1 is 1.45 bits per heavy atom. The highest BCUT2D eigenvalue weighted by atomic mass is 32.1. The van der Waals surface area contributed by atoms with Crippen molar-refractivity contribution in [3.63, 3.8) is 0 Å². The Morgan fingerprint density at radius 2 is 2.15 bits per heavy atom. The number of rotatable bonds is 5. The fraction of sp³-hybridized carbons (Fsp3) is 0.462. The van der Waals surface area contributed by atoms with Crippen LogP contribution in [0.1, 0.15) is 35.3 Å². The number of thiophene rings is 1. The van der Waals surface area contributed by atoms with E-state index in [-0.39, 0.29) is 16.7 Å². The number of aromatic nitrogens is 2. The van der Waals surface area contributed by atoms with Gasteiger partial charge in [0.1, 0.15) is 5.69 Å². The molecule has 108 valence electrons. The molecule has 0 aliphatic heterocycles. The molecular formula is C13H18N4O2S. The first-order valence-corrected chi connectivity index (χ1v) is 7.24. The van der Waals surface area contributed by atoms with Crippen molar-refractivity contribution in [2.75, 3.05) is 5.32 Å². The minimum Gasteiger partial charge on any atom is -0.360 e. The van der Waals surface area contributed by atoms with E-state index in [2.05, 4.69) is 10.4 Å². The van der Waals surface area contributed by atoms with Crippen molar-refractivity contribution in [2.45, 2.75) is 40.3 Å². The maximum atomic E-state index is 11.2. The number of nitrogens with zero attached hydrogens (tertiary/aromatic N) is 3. The van der Waals surface area contributed by atoms with Gasteiger partial charge in [-0.3, -0.25) is 10.1 Å². The van der Waals surface area contributed by atoms with Crippen molar-refractivity contribution in [1.82, 2.24) is 9.78 Å². The van der Waals surface area contributed by atoms with Gasteiger partial charge in [0.15, 0.2) is 0 Å². The van der Waals surface area contributed by atoms with E-state index >= 15 is 0 Å². The second-order valence-electron chi connectivity index (χ2n) is 4.94. The topological polar surface area (TPSA) is 73.0 Å². The van der Waals surface area contributed by atoms with E-state index in [9.17, 15) is 10.1 Å². The fourth-order valence-corrected chi connectivity index (χ4v) is 2.88. The highest BCUT2D eigenvalue weighted by molar-refractivity contribution is 7.11. The Balaban J connectivity index is 2.31. The molecule has 0 atom stereocenters. The quantitative estimate of drug-likeness (QED) is 0.674. The van der Waals surface area contributed by atoms with Crippen LogP contribution in [-0.4, -0.2) is 14.7 Å². The zero-order chi connectivity index (χ0) is 14.9. The average molecular weight is 294 g/mol. The number of nitrogens with one attached hydrogen (secondary N) is 1. The van der Waals surface area contributed by atoms with Gasteiger partial charge in [0.2, 0.25) is 5.82 Å². The molecule has 1 N–H and O–H groups in total. The van der Waals surface area contributed by atoms with Crippen molar-refractivity contribution in [2.24, 2.45) is 0 Å². The molecule has 0 bridgehead atoms. The van der Waals surface area contributed by atoms with E-state index in [0.29, 0.717) is 18.1 Å². The summed E-state index contributed by atoms with van der Waals surface area (Å²) in [6.07, 6.45) is 0. The number of hydrogen-bond acceptors (Lipinski definition) is 5. The number of hydrogen-bond donors (Lipinski definition) is 1. The van der Waals surface area contributed by atoms with E-state index in [1.165, 1.54) is 4.88 Å². The summed E-state index contributed by atoms with van der Waals surface area (Å²) in [4.78, 5) is 13.2. The summed E-state index contributed by atoms with van der Waals surface area (Å²) >= 11 is 1.68. The highest BCUT2D eigenvalue weighted by Gasteiger charge is 2.26. The van der Waals surface area contributed by atoms with E-state index in [1.54, 1.807) is 22.9 Å². The normalized spacial score (nSPS) is 11.1. The largest absolute Gasteiger partial charge is 0.360 e. The van der Waals surface area contributed by atoms with Gasteiger partial charge in [-0.1, -0.05) is 0 Å². The lowest BCUT2D eigenvalue weighted by atomic mass is 10.3. The lowest BCUT2D eigenvalue weighted by Gasteiger charge is -2.11. The first kappa shape index (κ1) is 14.5. The van der Waals surface area contributed by atoms with Gasteiger partial charge in [-0.2, -0.15) is 5.10 Å². The molecule has 0 aliphatic rings. The molecule has 0 amide bonds. The minimum absolute atomic E-state index is 0.0620. The van der Waals surface area contributed by atoms with Crippen molar-refractivity contribution < 1.29 is 4.92 Å². The molecule has 6 nitrogen and oxygen atoms in total. The molecule has 7 heteroatoms. The van der Waals surface area contributed by atoms with Crippen LogP contribution in [-0.2, 0) is 6.54 Å². The fourth-order valence-electron chi connectivity index (χ4n) is 2.05. The van der Waals surface area contributed by atoms with E-state index in [1.807, 2.05) is 32.9 Å². The van der Waals surface area contributed by atoms with Gasteiger partial charge in [0, 0.05) is 15.8 Å². The molecular weight excluding hydrogens is 276 g/mol. The molecule has 20 heavy (non-hydrogen) atoms. The molecule has 2 aromatic rings. The Kier molecular flexibility index (Phi) is 4.08. The molecule has 0 aliphatic carbocycles. The Morgan fingerprint density at radius 3 is 2.65 bits per heavy atom. The number of nitro groups is 1. The third kappa shape index (κ3) is 2.82. The third-order valence-electron chi connectivity index (χ3n) is 2.95. The SMILES string of the molecule is Cc1ccc(CNc2c([N+](=O)[O-])c(C)nn2C(C)C)s1. The summed E-state index contributed by atoms with van der Waals surface area (Å²) in [5.41, 5.74) is 0.500. The predicted octanol–water partition coefficient (Wildman–Crippen LogP) is 3.66. The summed E-state index contributed by atoms with van der Waals surface area (Å²) < 4.78 is 1.67. The molecule has 2 rings (SSSR count). The Labute approximate surface area is 121 Å². The first-order valence-electron chi connectivity index (χ1n) is 6.42. The average Bonchev–Trinajstić information content (AvgIpc) is 2.90. The van der Waals surface area contributed by atoms with Crippen LogP contribution in [0.2, 0.25) is 0 Å². The summed E-state index contributed by atoms with van der Waals surface area (Å²) in [6, 6.07) is 4.14. The van der Waals surface area contributed by atoms with E-state index in [0.717, 1.165) is 4.88 Å². The predicted molar refractivity (Wildman–Crippen MR) is 80.4 cm³/mol. The van der Waals surface area contributed by atoms with Gasteiger partial charge in [0.05, 0.1) is 11.5 Å². The van der Waals surface area contributed by atoms with Crippen LogP contribution in [0.15, 0.2) is 12.1 Å². The van der Waals surface area contributed by atoms with Gasteiger partial charge in [-0.25, -0.2) is 4.68 Å². The van der Waals surface area contributed by atoms with Crippen molar-refractivity contribution in [1.29, 1.82) is 0 Å². The lowest BCUT2D eigenvalue weighted by molar-refractivity contribution is -0.384. The molecule has 0 unspecified atom stereocenters. The molecule has 2 aromatic heterocycles. The summed E-state index contributed by atoms with van der Waals surface area (Å²) in [5, 5.41) is 18.6. The first-order chi connectivity index (χ1) is 9.40. The number of aryl methyl sites for hydroxylation is 2. The standard InChI is InChI=1S/C13H18N4O2S/c1-8(2)16-13(12(17(18)19)10(4)15-16)14-7-11-6-5-9(3)20-11/h5-6,8,14H,7H2,1-4H3. The smallest absolute Gasteiger partial charge is 0.333 e. The van der Waals surface area contributed by atoms with Crippen LogP contribution >= 0.6 is 11.3 Å². The van der Waals surface area contributed by atoms with Gasteiger partial charge in [-0.15, -0.1) is 11.3 Å². The monoisotopic (exact) mass is 294 g/mol. The Hall–Kier alpha value is -1.89. The highest BCUT2D eigenvalue weighted by Crippen LogP contribution is 2.31. The lowest BCUT2D eigenvalue weighted by Crippen LogP contribution is -2.10. The van der Waals surface area contributed by atoms with Crippen LogP contribution < -0.4 is 5.32 Å². The number of anilines is 1. The second-order valence-corrected chi connectivity index (χ2v) is 6.32. The molecule has 0 fully saturated rings. The maximum absolute atomic E-state index is 11.2. The molecule has 0 radical (unpaired) electrons. The molecule has 0 saturated carbocycles.